The number of carboxylic acid groups (broad SMARTS) is 1. The van der Waals surface area contributed by atoms with E-state index in [0.29, 0.717) is 6.54 Å². The lowest BCUT2D eigenvalue weighted by Crippen LogP contribution is -2.35. The van der Waals surface area contributed by atoms with E-state index in [0.717, 1.165) is 11.1 Å². The zero-order chi connectivity index (χ0) is 20.1. The van der Waals surface area contributed by atoms with Crippen LogP contribution in [0, 0.1) is 5.92 Å². The van der Waals surface area contributed by atoms with E-state index in [4.69, 9.17) is 0 Å². The molecule has 1 fully saturated rings. The van der Waals surface area contributed by atoms with Gasteiger partial charge in [0, 0.05) is 25.9 Å². The normalized spacial score (nSPS) is 19.8. The first-order valence-electron chi connectivity index (χ1n) is 9.33. The van der Waals surface area contributed by atoms with Crippen LogP contribution in [0.5, 0.6) is 0 Å². The quantitative estimate of drug-likeness (QED) is 0.806. The highest BCUT2D eigenvalue weighted by molar-refractivity contribution is 5.81. The van der Waals surface area contributed by atoms with Crippen molar-refractivity contribution in [3.8, 4) is 0 Å². The van der Waals surface area contributed by atoms with Crippen molar-refractivity contribution in [3.05, 3.63) is 71.8 Å². The Bertz CT molecular complexity index is 838. The highest BCUT2D eigenvalue weighted by Crippen LogP contribution is 2.33. The van der Waals surface area contributed by atoms with Crippen molar-refractivity contribution < 1.29 is 19.5 Å². The molecule has 2 amide bonds. The number of amides is 2. The van der Waals surface area contributed by atoms with E-state index in [1.165, 1.54) is 6.92 Å². The molecule has 1 saturated heterocycles. The van der Waals surface area contributed by atoms with Crippen molar-refractivity contribution in [3.63, 3.8) is 0 Å². The van der Waals surface area contributed by atoms with E-state index in [1.54, 1.807) is 4.90 Å². The van der Waals surface area contributed by atoms with Gasteiger partial charge in [-0.2, -0.15) is 0 Å². The molecule has 3 unspecified atom stereocenters. The maximum Gasteiger partial charge on any atom is 0.308 e. The van der Waals surface area contributed by atoms with E-state index in [1.807, 2.05) is 60.7 Å². The van der Waals surface area contributed by atoms with E-state index in [2.05, 4.69) is 5.32 Å². The van der Waals surface area contributed by atoms with Gasteiger partial charge in [0.15, 0.2) is 0 Å². The number of carbonyl (C=O) groups excluding carboxylic acids is 2. The topological polar surface area (TPSA) is 86.7 Å². The Balaban J connectivity index is 1.76. The Morgan fingerprint density at radius 1 is 1.04 bits per heavy atom. The van der Waals surface area contributed by atoms with Crippen molar-refractivity contribution in [2.24, 2.45) is 5.92 Å². The van der Waals surface area contributed by atoms with Crippen molar-refractivity contribution in [2.75, 3.05) is 13.1 Å². The minimum absolute atomic E-state index is 0.0947. The van der Waals surface area contributed by atoms with Gasteiger partial charge in [0.05, 0.1) is 18.4 Å². The van der Waals surface area contributed by atoms with Crippen LogP contribution in [0.3, 0.4) is 0 Å². The van der Waals surface area contributed by atoms with Crippen LogP contribution in [0.2, 0.25) is 0 Å². The summed E-state index contributed by atoms with van der Waals surface area (Å²) < 4.78 is 0. The van der Waals surface area contributed by atoms with Crippen molar-refractivity contribution in [2.45, 2.75) is 25.3 Å². The molecular formula is C22H24N2O4. The number of carboxylic acids is 1. The molecule has 2 N–H and O–H groups in total. The van der Waals surface area contributed by atoms with Gasteiger partial charge >= 0.3 is 5.97 Å². The van der Waals surface area contributed by atoms with Crippen LogP contribution in [-0.4, -0.2) is 40.9 Å². The third-order valence-corrected chi connectivity index (χ3v) is 5.18. The lowest BCUT2D eigenvalue weighted by Gasteiger charge is -2.22. The smallest absolute Gasteiger partial charge is 0.308 e. The van der Waals surface area contributed by atoms with Gasteiger partial charge in [-0.3, -0.25) is 14.4 Å². The third kappa shape index (κ3) is 4.57. The Kier molecular flexibility index (Phi) is 6.09. The number of carbonyl (C=O) groups is 3. The molecule has 0 bridgehead atoms. The highest BCUT2D eigenvalue weighted by Gasteiger charge is 2.40. The summed E-state index contributed by atoms with van der Waals surface area (Å²) in [5.41, 5.74) is 1.77. The molecule has 0 spiro atoms. The second kappa shape index (κ2) is 8.69. The predicted octanol–water partition coefficient (Wildman–Crippen LogP) is 2.58. The molecule has 0 aliphatic carbocycles. The van der Waals surface area contributed by atoms with Crippen LogP contribution in [0.25, 0.3) is 0 Å². The number of hydrogen-bond acceptors (Lipinski definition) is 3. The summed E-state index contributed by atoms with van der Waals surface area (Å²) in [5, 5.41) is 12.5. The standard InChI is InChI=1S/C22H24N2O4/c1-15(25)23-20(17-10-6-3-7-11-17)12-21(26)24-13-18(19(14-24)22(27)28)16-8-4-2-5-9-16/h2-11,18-20H,12-14H2,1H3,(H,23,25)(H,27,28). The molecule has 1 aliphatic heterocycles. The molecule has 146 valence electrons. The van der Waals surface area contributed by atoms with E-state index in [9.17, 15) is 19.5 Å². The SMILES string of the molecule is CC(=O)NC(CC(=O)N1CC(C(=O)O)C(c2ccccc2)C1)c1ccccc1. The third-order valence-electron chi connectivity index (χ3n) is 5.18. The minimum atomic E-state index is -0.898. The van der Waals surface area contributed by atoms with Crippen molar-refractivity contribution in [1.29, 1.82) is 0 Å². The average molecular weight is 380 g/mol. The molecule has 1 aliphatic rings. The van der Waals surface area contributed by atoms with Gasteiger partial charge in [0.1, 0.15) is 0 Å². The first-order chi connectivity index (χ1) is 13.5. The molecule has 6 heteroatoms. The molecular weight excluding hydrogens is 356 g/mol. The molecule has 6 nitrogen and oxygen atoms in total. The number of nitrogens with zero attached hydrogens (tertiary/aromatic N) is 1. The second-order valence-corrected chi connectivity index (χ2v) is 7.13. The number of rotatable bonds is 6. The van der Waals surface area contributed by atoms with Crippen LogP contribution in [-0.2, 0) is 14.4 Å². The van der Waals surface area contributed by atoms with Crippen molar-refractivity contribution in [1.82, 2.24) is 10.2 Å². The molecule has 0 aromatic heterocycles. The molecule has 1 heterocycles. The molecule has 0 radical (unpaired) electrons. The average Bonchev–Trinajstić information content (AvgIpc) is 3.14. The van der Waals surface area contributed by atoms with E-state index >= 15 is 0 Å². The number of hydrogen-bond donors (Lipinski definition) is 2. The molecule has 2 aromatic carbocycles. The van der Waals surface area contributed by atoms with Crippen LogP contribution in [0.15, 0.2) is 60.7 Å². The summed E-state index contributed by atoms with van der Waals surface area (Å²) in [6.07, 6.45) is 0.0947. The maximum atomic E-state index is 12.9. The summed E-state index contributed by atoms with van der Waals surface area (Å²) in [6, 6.07) is 18.3. The van der Waals surface area contributed by atoms with Gasteiger partial charge in [-0.25, -0.2) is 0 Å². The fourth-order valence-electron chi connectivity index (χ4n) is 3.78. The fourth-order valence-corrected chi connectivity index (χ4v) is 3.78. The Morgan fingerprint density at radius 3 is 2.21 bits per heavy atom. The summed E-state index contributed by atoms with van der Waals surface area (Å²) >= 11 is 0. The van der Waals surface area contributed by atoms with E-state index in [-0.39, 0.29) is 30.7 Å². The second-order valence-electron chi connectivity index (χ2n) is 7.13. The first kappa shape index (κ1) is 19.6. The van der Waals surface area contributed by atoms with Crippen molar-refractivity contribution >= 4 is 17.8 Å². The summed E-state index contributed by atoms with van der Waals surface area (Å²) in [6.45, 7) is 1.96. The van der Waals surface area contributed by atoms with Gasteiger partial charge in [0.25, 0.3) is 0 Å². The molecule has 3 atom stereocenters. The number of benzene rings is 2. The van der Waals surface area contributed by atoms with Gasteiger partial charge in [0.2, 0.25) is 11.8 Å². The Labute approximate surface area is 164 Å². The number of nitrogens with one attached hydrogen (secondary N) is 1. The highest BCUT2D eigenvalue weighted by atomic mass is 16.4. The lowest BCUT2D eigenvalue weighted by atomic mass is 9.89. The van der Waals surface area contributed by atoms with Crippen LogP contribution in [0.4, 0.5) is 0 Å². The molecule has 3 rings (SSSR count). The largest absolute Gasteiger partial charge is 0.481 e. The summed E-state index contributed by atoms with van der Waals surface area (Å²) in [4.78, 5) is 37.9. The zero-order valence-corrected chi connectivity index (χ0v) is 15.7. The lowest BCUT2D eigenvalue weighted by molar-refractivity contribution is -0.141. The first-order valence-corrected chi connectivity index (χ1v) is 9.33. The van der Waals surface area contributed by atoms with Gasteiger partial charge < -0.3 is 15.3 Å². The predicted molar refractivity (Wildman–Crippen MR) is 105 cm³/mol. The number of likely N-dealkylation sites (tertiary alicyclic amines) is 1. The fraction of sp³-hybridized carbons (Fsp3) is 0.318. The van der Waals surface area contributed by atoms with Gasteiger partial charge in [-0.1, -0.05) is 60.7 Å². The summed E-state index contributed by atoms with van der Waals surface area (Å²) in [7, 11) is 0. The van der Waals surface area contributed by atoms with Crippen LogP contribution < -0.4 is 5.32 Å². The maximum absolute atomic E-state index is 12.9. The summed E-state index contributed by atoms with van der Waals surface area (Å²) in [5.74, 6) is -2.15. The van der Waals surface area contributed by atoms with Crippen LogP contribution in [0.1, 0.15) is 36.4 Å². The molecule has 2 aromatic rings. The Morgan fingerprint density at radius 2 is 1.64 bits per heavy atom. The number of aliphatic carboxylic acids is 1. The molecule has 28 heavy (non-hydrogen) atoms. The minimum Gasteiger partial charge on any atom is -0.481 e. The van der Waals surface area contributed by atoms with Gasteiger partial charge in [-0.05, 0) is 11.1 Å². The molecule has 0 saturated carbocycles. The van der Waals surface area contributed by atoms with E-state index < -0.39 is 17.9 Å². The zero-order valence-electron chi connectivity index (χ0n) is 15.7. The Hall–Kier alpha value is -3.15. The van der Waals surface area contributed by atoms with Crippen LogP contribution >= 0.6 is 0 Å². The monoisotopic (exact) mass is 380 g/mol. The van der Waals surface area contributed by atoms with Gasteiger partial charge in [-0.15, -0.1) is 0 Å².